The zero-order chi connectivity index (χ0) is 29.3. The number of nitrogens with one attached hydrogen (secondary N) is 1. The average Bonchev–Trinajstić information content (AvgIpc) is 2.96. The van der Waals surface area contributed by atoms with Crippen molar-refractivity contribution in [3.05, 3.63) is 83.9 Å². The van der Waals surface area contributed by atoms with Crippen molar-refractivity contribution in [2.24, 2.45) is 0 Å². The maximum absolute atomic E-state index is 14.1. The Labute approximate surface area is 235 Å². The van der Waals surface area contributed by atoms with Gasteiger partial charge in [0.15, 0.2) is 0 Å². The van der Waals surface area contributed by atoms with Gasteiger partial charge in [-0.1, -0.05) is 42.5 Å². The topological polar surface area (TPSA) is 114 Å². The lowest BCUT2D eigenvalue weighted by atomic mass is 10.0. The minimum Gasteiger partial charge on any atom is -0.497 e. The zero-order valence-electron chi connectivity index (χ0n) is 23.3. The van der Waals surface area contributed by atoms with Crippen molar-refractivity contribution in [3.63, 3.8) is 0 Å². The Balaban J connectivity index is 2.09. The summed E-state index contributed by atoms with van der Waals surface area (Å²) in [5.41, 5.74) is 1.69. The fourth-order valence-electron chi connectivity index (χ4n) is 4.27. The van der Waals surface area contributed by atoms with Gasteiger partial charge < -0.3 is 24.4 Å². The largest absolute Gasteiger partial charge is 0.497 e. The second-order valence-electron chi connectivity index (χ2n) is 9.00. The number of hydrogen-bond acceptors (Lipinski definition) is 7. The molecule has 0 heterocycles. The highest BCUT2D eigenvalue weighted by Gasteiger charge is 2.33. The van der Waals surface area contributed by atoms with E-state index in [1.165, 1.54) is 39.3 Å². The predicted molar refractivity (Wildman–Crippen MR) is 153 cm³/mol. The van der Waals surface area contributed by atoms with Gasteiger partial charge in [-0.15, -0.1) is 0 Å². The van der Waals surface area contributed by atoms with Gasteiger partial charge in [0, 0.05) is 26.1 Å². The van der Waals surface area contributed by atoms with E-state index in [0.717, 1.165) is 16.1 Å². The van der Waals surface area contributed by atoms with E-state index in [9.17, 15) is 18.0 Å². The maximum atomic E-state index is 14.1. The summed E-state index contributed by atoms with van der Waals surface area (Å²) >= 11 is 0. The Morgan fingerprint density at radius 1 is 0.850 bits per heavy atom. The molecule has 0 aliphatic carbocycles. The highest BCUT2D eigenvalue weighted by Crippen LogP contribution is 2.34. The van der Waals surface area contributed by atoms with E-state index in [2.05, 4.69) is 5.32 Å². The molecular weight excluding hydrogens is 534 g/mol. The van der Waals surface area contributed by atoms with Crippen molar-refractivity contribution >= 4 is 27.5 Å². The highest BCUT2D eigenvalue weighted by atomic mass is 32.2. The molecule has 1 atom stereocenters. The third-order valence-corrected chi connectivity index (χ3v) is 7.46. The molecule has 0 saturated carbocycles. The summed E-state index contributed by atoms with van der Waals surface area (Å²) in [6.07, 6.45) is 1.23. The number of ether oxygens (including phenoxy) is 3. The van der Waals surface area contributed by atoms with Gasteiger partial charge in [0.25, 0.3) is 0 Å². The molecule has 40 heavy (non-hydrogen) atoms. The van der Waals surface area contributed by atoms with Crippen LogP contribution in [0, 0.1) is 0 Å². The SMILES string of the molecule is CNC(=O)[C@@H](Cc1ccccc1)N(Cc1cccc(OC)c1)C(=O)CN(c1cc(OC)ccc1OC)S(C)(=O)=O. The number of carbonyl (C=O) groups is 2. The molecule has 0 radical (unpaired) electrons. The van der Waals surface area contributed by atoms with Crippen LogP contribution in [0.3, 0.4) is 0 Å². The molecule has 0 spiro atoms. The number of amides is 2. The first-order valence-corrected chi connectivity index (χ1v) is 14.3. The summed E-state index contributed by atoms with van der Waals surface area (Å²) in [5, 5.41) is 2.65. The van der Waals surface area contributed by atoms with Crippen LogP contribution in [0.4, 0.5) is 5.69 Å². The smallest absolute Gasteiger partial charge is 0.244 e. The van der Waals surface area contributed by atoms with Crippen LogP contribution in [0.5, 0.6) is 17.2 Å². The third kappa shape index (κ3) is 7.66. The van der Waals surface area contributed by atoms with Crippen LogP contribution in [0.25, 0.3) is 0 Å². The molecule has 2 amide bonds. The molecule has 3 aromatic carbocycles. The Bertz CT molecular complexity index is 1410. The highest BCUT2D eigenvalue weighted by molar-refractivity contribution is 7.92. The molecule has 0 aliphatic rings. The minimum atomic E-state index is -3.97. The summed E-state index contributed by atoms with van der Waals surface area (Å²) in [6.45, 7) is -0.539. The lowest BCUT2D eigenvalue weighted by molar-refractivity contribution is -0.139. The van der Waals surface area contributed by atoms with Gasteiger partial charge in [0.2, 0.25) is 21.8 Å². The van der Waals surface area contributed by atoms with Crippen molar-refractivity contribution in [1.29, 1.82) is 0 Å². The first-order valence-electron chi connectivity index (χ1n) is 12.5. The Hall–Kier alpha value is -4.25. The third-order valence-electron chi connectivity index (χ3n) is 6.34. The summed E-state index contributed by atoms with van der Waals surface area (Å²) in [6, 6.07) is 20.2. The minimum absolute atomic E-state index is 0.0355. The zero-order valence-corrected chi connectivity index (χ0v) is 24.1. The number of benzene rings is 3. The summed E-state index contributed by atoms with van der Waals surface area (Å²) in [5.74, 6) is 0.249. The number of hydrogen-bond donors (Lipinski definition) is 1. The van der Waals surface area contributed by atoms with Crippen LogP contribution >= 0.6 is 0 Å². The number of nitrogens with zero attached hydrogens (tertiary/aromatic N) is 2. The molecule has 0 bridgehead atoms. The molecule has 0 unspecified atom stereocenters. The Morgan fingerprint density at radius 3 is 2.10 bits per heavy atom. The van der Waals surface area contributed by atoms with Crippen molar-refractivity contribution in [2.45, 2.75) is 19.0 Å². The van der Waals surface area contributed by atoms with E-state index in [-0.39, 0.29) is 30.3 Å². The van der Waals surface area contributed by atoms with Crippen molar-refractivity contribution in [3.8, 4) is 17.2 Å². The standard InChI is InChI=1S/C29H35N3O7S/c1-30-29(34)26(17-21-10-7-6-8-11-21)31(19-22-12-9-13-23(16-22)37-2)28(33)20-32(40(5,35)36)25-18-24(38-3)14-15-27(25)39-4/h6-16,18,26H,17,19-20H2,1-5H3,(H,30,34)/t26-/m1/s1. The molecule has 1 N–H and O–H groups in total. The van der Waals surface area contributed by atoms with Gasteiger partial charge >= 0.3 is 0 Å². The molecule has 3 aromatic rings. The van der Waals surface area contributed by atoms with Crippen LogP contribution < -0.4 is 23.8 Å². The molecule has 214 valence electrons. The van der Waals surface area contributed by atoms with Gasteiger partial charge in [-0.05, 0) is 35.4 Å². The number of carbonyl (C=O) groups excluding carboxylic acids is 2. The molecule has 3 rings (SSSR count). The quantitative estimate of drug-likeness (QED) is 0.337. The normalized spacial score (nSPS) is 11.7. The fraction of sp³-hybridized carbons (Fsp3) is 0.310. The Kier molecular flexibility index (Phi) is 10.4. The predicted octanol–water partition coefficient (Wildman–Crippen LogP) is 2.86. The van der Waals surface area contributed by atoms with Crippen molar-refractivity contribution in [2.75, 3.05) is 45.5 Å². The number of anilines is 1. The van der Waals surface area contributed by atoms with Crippen molar-refractivity contribution < 1.29 is 32.2 Å². The number of rotatable bonds is 13. The van der Waals surface area contributed by atoms with Crippen LogP contribution in [0.1, 0.15) is 11.1 Å². The fourth-order valence-corrected chi connectivity index (χ4v) is 5.12. The first kappa shape index (κ1) is 30.3. The second-order valence-corrected chi connectivity index (χ2v) is 10.9. The first-order chi connectivity index (χ1) is 19.1. The van der Waals surface area contributed by atoms with Crippen LogP contribution in [-0.2, 0) is 32.6 Å². The van der Waals surface area contributed by atoms with Crippen LogP contribution in [0.15, 0.2) is 72.8 Å². The number of sulfonamides is 1. The molecule has 0 aromatic heterocycles. The second kappa shape index (κ2) is 13.7. The van der Waals surface area contributed by atoms with Crippen molar-refractivity contribution in [1.82, 2.24) is 10.2 Å². The Morgan fingerprint density at radius 2 is 1.50 bits per heavy atom. The monoisotopic (exact) mass is 569 g/mol. The molecule has 10 nitrogen and oxygen atoms in total. The molecule has 0 fully saturated rings. The van der Waals surface area contributed by atoms with E-state index in [4.69, 9.17) is 14.2 Å². The van der Waals surface area contributed by atoms with Gasteiger partial charge in [0.05, 0.1) is 33.3 Å². The van der Waals surface area contributed by atoms with Gasteiger partial charge in [-0.3, -0.25) is 13.9 Å². The number of likely N-dealkylation sites (N-methyl/N-ethyl adjacent to an activating group) is 1. The molecule has 0 aliphatic heterocycles. The summed E-state index contributed by atoms with van der Waals surface area (Å²) in [7, 11) is 1.93. The van der Waals surface area contributed by atoms with Gasteiger partial charge in [-0.2, -0.15) is 0 Å². The van der Waals surface area contributed by atoms with E-state index in [0.29, 0.717) is 17.1 Å². The van der Waals surface area contributed by atoms with Crippen LogP contribution in [-0.4, -0.2) is 72.4 Å². The average molecular weight is 570 g/mol. The van der Waals surface area contributed by atoms with E-state index >= 15 is 0 Å². The summed E-state index contributed by atoms with van der Waals surface area (Å²) in [4.78, 5) is 28.7. The molecular formula is C29H35N3O7S. The lowest BCUT2D eigenvalue weighted by Crippen LogP contribution is -2.52. The lowest BCUT2D eigenvalue weighted by Gasteiger charge is -2.33. The van der Waals surface area contributed by atoms with Crippen LogP contribution in [0.2, 0.25) is 0 Å². The number of methoxy groups -OCH3 is 3. The van der Waals surface area contributed by atoms with E-state index < -0.39 is 28.5 Å². The van der Waals surface area contributed by atoms with Gasteiger partial charge in [0.1, 0.15) is 29.8 Å². The molecule has 11 heteroatoms. The van der Waals surface area contributed by atoms with Gasteiger partial charge in [-0.25, -0.2) is 8.42 Å². The molecule has 0 saturated heterocycles. The van der Waals surface area contributed by atoms with E-state index in [1.54, 1.807) is 30.3 Å². The summed E-state index contributed by atoms with van der Waals surface area (Å²) < 4.78 is 43.0. The maximum Gasteiger partial charge on any atom is 0.244 e. The van der Waals surface area contributed by atoms with E-state index in [1.807, 2.05) is 36.4 Å².